The predicted molar refractivity (Wildman–Crippen MR) is 117 cm³/mol. The molecule has 7 heteroatoms. The van der Waals surface area contributed by atoms with Gasteiger partial charge >= 0.3 is 0 Å². The second-order valence-electron chi connectivity index (χ2n) is 8.44. The Morgan fingerprint density at radius 1 is 1.31 bits per heavy atom. The molecule has 0 fully saturated rings. The predicted octanol–water partition coefficient (Wildman–Crippen LogP) is 4.27. The summed E-state index contributed by atoms with van der Waals surface area (Å²) in [6.07, 6.45) is 1.75. The molecule has 0 atom stereocenters. The summed E-state index contributed by atoms with van der Waals surface area (Å²) in [5.41, 5.74) is 2.31. The molecule has 0 unspecified atom stereocenters. The monoisotopic (exact) mass is 411 g/mol. The van der Waals surface area contributed by atoms with Gasteiger partial charge in [-0.15, -0.1) is 11.3 Å². The molecule has 152 valence electrons. The van der Waals surface area contributed by atoms with Gasteiger partial charge in [0.2, 0.25) is 0 Å². The lowest BCUT2D eigenvalue weighted by Crippen LogP contribution is -2.21. The van der Waals surface area contributed by atoms with E-state index in [4.69, 9.17) is 4.74 Å². The van der Waals surface area contributed by atoms with Crippen LogP contribution in [-0.4, -0.2) is 22.6 Å². The van der Waals surface area contributed by atoms with Gasteiger partial charge in [0.05, 0.1) is 23.1 Å². The highest BCUT2D eigenvalue weighted by Gasteiger charge is 2.24. The average Bonchev–Trinajstić information content (AvgIpc) is 3.26. The molecule has 0 saturated heterocycles. The maximum Gasteiger partial charge on any atom is 0.266 e. The van der Waals surface area contributed by atoms with Crippen LogP contribution in [0.5, 0.6) is 5.75 Å². The highest BCUT2D eigenvalue weighted by Crippen LogP contribution is 2.33. The van der Waals surface area contributed by atoms with Gasteiger partial charge in [0.15, 0.2) is 0 Å². The van der Waals surface area contributed by atoms with E-state index in [-0.39, 0.29) is 16.9 Å². The van der Waals surface area contributed by atoms with Crippen molar-refractivity contribution in [2.24, 2.45) is 0 Å². The van der Waals surface area contributed by atoms with Crippen molar-refractivity contribution >= 4 is 33.1 Å². The van der Waals surface area contributed by atoms with E-state index in [1.165, 1.54) is 11.3 Å². The molecule has 2 aromatic heterocycles. The number of hydrogen-bond acceptors (Lipinski definition) is 5. The van der Waals surface area contributed by atoms with Gasteiger partial charge in [0.25, 0.3) is 11.5 Å². The number of rotatable bonds is 3. The maximum absolute atomic E-state index is 13.1. The second-order valence-corrected chi connectivity index (χ2v) is 9.44. The number of fused-ring (bicyclic) bond motifs is 2. The first kappa shape index (κ1) is 19.6. The first-order valence-electron chi connectivity index (χ1n) is 9.73. The fourth-order valence-electron chi connectivity index (χ4n) is 3.74. The minimum atomic E-state index is -0.251. The largest absolute Gasteiger partial charge is 0.495 e. The fourth-order valence-corrected chi connectivity index (χ4v) is 4.83. The molecule has 0 bridgehead atoms. The van der Waals surface area contributed by atoms with Crippen LogP contribution < -0.4 is 15.6 Å². The zero-order valence-corrected chi connectivity index (χ0v) is 18.2. The first-order valence-corrected chi connectivity index (χ1v) is 10.5. The molecule has 3 aromatic rings. The van der Waals surface area contributed by atoms with Gasteiger partial charge in [-0.05, 0) is 42.0 Å². The third-order valence-corrected chi connectivity index (χ3v) is 6.62. The number of nitrogens with zero attached hydrogens (tertiary/aromatic N) is 2. The topological polar surface area (TPSA) is 73.2 Å². The van der Waals surface area contributed by atoms with Crippen LogP contribution in [0.3, 0.4) is 0 Å². The van der Waals surface area contributed by atoms with E-state index in [2.05, 4.69) is 31.1 Å². The highest BCUT2D eigenvalue weighted by molar-refractivity contribution is 7.20. The van der Waals surface area contributed by atoms with Crippen molar-refractivity contribution in [2.75, 3.05) is 12.4 Å². The summed E-state index contributed by atoms with van der Waals surface area (Å²) in [5.74, 6) is 1.16. The molecule has 1 aliphatic rings. The molecule has 0 aliphatic carbocycles. The number of aryl methyl sites for hydroxylation is 2. The minimum Gasteiger partial charge on any atom is -0.495 e. The summed E-state index contributed by atoms with van der Waals surface area (Å²) >= 11 is 1.28. The van der Waals surface area contributed by atoms with E-state index in [0.29, 0.717) is 38.6 Å². The molecule has 0 radical (unpaired) electrons. The number of anilines is 1. The van der Waals surface area contributed by atoms with Crippen LogP contribution >= 0.6 is 11.3 Å². The van der Waals surface area contributed by atoms with Crippen molar-refractivity contribution in [2.45, 2.75) is 52.5 Å². The summed E-state index contributed by atoms with van der Waals surface area (Å²) in [4.78, 5) is 31.8. The number of thiophene rings is 1. The van der Waals surface area contributed by atoms with Crippen molar-refractivity contribution in [1.82, 2.24) is 9.55 Å². The first-order chi connectivity index (χ1) is 13.7. The zero-order chi connectivity index (χ0) is 20.9. The smallest absolute Gasteiger partial charge is 0.266 e. The number of hydrogen-bond donors (Lipinski definition) is 1. The minimum absolute atomic E-state index is 0.0392. The van der Waals surface area contributed by atoms with Crippen molar-refractivity contribution < 1.29 is 9.53 Å². The van der Waals surface area contributed by atoms with Gasteiger partial charge in [0, 0.05) is 13.0 Å². The number of methoxy groups -OCH3 is 1. The lowest BCUT2D eigenvalue weighted by molar-refractivity contribution is 0.102. The number of aromatic nitrogens is 2. The van der Waals surface area contributed by atoms with Gasteiger partial charge < -0.3 is 10.1 Å². The number of carbonyl (C=O) groups excluding carboxylic acids is 1. The Balaban J connectivity index is 1.75. The summed E-state index contributed by atoms with van der Waals surface area (Å²) in [5, 5.41) is 3.54. The van der Waals surface area contributed by atoms with E-state index < -0.39 is 0 Å². The Bertz CT molecular complexity index is 1180. The summed E-state index contributed by atoms with van der Waals surface area (Å²) in [7, 11) is 1.58. The molecule has 6 nitrogen and oxygen atoms in total. The standard InChI is InChI=1S/C22H25N3O3S/c1-12-17-20(24-16-7-6-10-25(16)21(17)27)29-18(12)19(26)23-14-11-13(22(2,3)4)8-9-15(14)28-5/h8-9,11H,6-7,10H2,1-5H3,(H,23,26). The quantitative estimate of drug-likeness (QED) is 0.698. The molecule has 0 spiro atoms. The van der Waals surface area contributed by atoms with Crippen molar-refractivity contribution in [3.8, 4) is 5.75 Å². The Labute approximate surface area is 173 Å². The molecule has 1 aromatic carbocycles. The SMILES string of the molecule is COc1ccc(C(C)(C)C)cc1NC(=O)c1sc2nc3n(c(=O)c2c1C)CCC3. The fraction of sp³-hybridized carbons (Fsp3) is 0.409. The van der Waals surface area contributed by atoms with Crippen LogP contribution in [0, 0.1) is 6.92 Å². The Kier molecular flexibility index (Phi) is 4.73. The van der Waals surface area contributed by atoms with E-state index in [0.717, 1.165) is 24.2 Å². The van der Waals surface area contributed by atoms with E-state index in [1.54, 1.807) is 11.7 Å². The number of benzene rings is 1. The zero-order valence-electron chi connectivity index (χ0n) is 17.4. The third-order valence-electron chi connectivity index (χ3n) is 5.43. The molecule has 1 aliphatic heterocycles. The van der Waals surface area contributed by atoms with Gasteiger partial charge in [-0.1, -0.05) is 26.8 Å². The molecular weight excluding hydrogens is 386 g/mol. The Hall–Kier alpha value is -2.67. The molecule has 3 heterocycles. The number of nitrogens with one attached hydrogen (secondary N) is 1. The van der Waals surface area contributed by atoms with Crippen molar-refractivity contribution in [1.29, 1.82) is 0 Å². The second kappa shape index (κ2) is 6.99. The lowest BCUT2D eigenvalue weighted by atomic mass is 9.87. The van der Waals surface area contributed by atoms with Gasteiger partial charge in [-0.25, -0.2) is 4.98 Å². The van der Waals surface area contributed by atoms with Crippen LogP contribution in [0.25, 0.3) is 10.2 Å². The van der Waals surface area contributed by atoms with Gasteiger partial charge in [-0.2, -0.15) is 0 Å². The third kappa shape index (κ3) is 3.33. The van der Waals surface area contributed by atoms with Crippen LogP contribution in [0.1, 0.15) is 53.8 Å². The summed E-state index contributed by atoms with van der Waals surface area (Å²) in [6.45, 7) is 8.88. The number of carbonyl (C=O) groups is 1. The summed E-state index contributed by atoms with van der Waals surface area (Å²) < 4.78 is 7.17. The van der Waals surface area contributed by atoms with E-state index >= 15 is 0 Å². The van der Waals surface area contributed by atoms with Crippen LogP contribution in [-0.2, 0) is 18.4 Å². The molecule has 1 N–H and O–H groups in total. The average molecular weight is 412 g/mol. The lowest BCUT2D eigenvalue weighted by Gasteiger charge is -2.21. The Morgan fingerprint density at radius 3 is 2.76 bits per heavy atom. The van der Waals surface area contributed by atoms with Crippen LogP contribution in [0.15, 0.2) is 23.0 Å². The molecule has 1 amide bonds. The van der Waals surface area contributed by atoms with Gasteiger partial charge in [-0.3, -0.25) is 14.2 Å². The number of amides is 1. The van der Waals surface area contributed by atoms with E-state index in [9.17, 15) is 9.59 Å². The highest BCUT2D eigenvalue weighted by atomic mass is 32.1. The van der Waals surface area contributed by atoms with Crippen molar-refractivity contribution in [3.05, 3.63) is 50.4 Å². The van der Waals surface area contributed by atoms with Crippen molar-refractivity contribution in [3.63, 3.8) is 0 Å². The molecular formula is C22H25N3O3S. The normalized spacial score (nSPS) is 13.6. The van der Waals surface area contributed by atoms with Crippen LogP contribution in [0.2, 0.25) is 0 Å². The van der Waals surface area contributed by atoms with Gasteiger partial charge in [0.1, 0.15) is 16.4 Å². The maximum atomic E-state index is 13.1. The van der Waals surface area contributed by atoms with Crippen LogP contribution in [0.4, 0.5) is 5.69 Å². The summed E-state index contributed by atoms with van der Waals surface area (Å²) in [6, 6.07) is 5.82. The Morgan fingerprint density at radius 2 is 2.07 bits per heavy atom. The molecule has 29 heavy (non-hydrogen) atoms. The molecule has 4 rings (SSSR count). The molecule has 0 saturated carbocycles. The number of ether oxygens (including phenoxy) is 1. The van der Waals surface area contributed by atoms with E-state index in [1.807, 2.05) is 25.1 Å².